The van der Waals surface area contributed by atoms with E-state index in [1.807, 2.05) is 43.3 Å². The predicted molar refractivity (Wildman–Crippen MR) is 122 cm³/mol. The predicted octanol–water partition coefficient (Wildman–Crippen LogP) is 3.49. The molecule has 33 heavy (non-hydrogen) atoms. The summed E-state index contributed by atoms with van der Waals surface area (Å²) in [6, 6.07) is 15.2. The number of nitrogens with zero attached hydrogens (tertiary/aromatic N) is 2. The Morgan fingerprint density at radius 1 is 1.15 bits per heavy atom. The quantitative estimate of drug-likeness (QED) is 0.403. The minimum absolute atomic E-state index is 0.188. The number of hydrogen-bond donors (Lipinski definition) is 1. The third-order valence-corrected chi connectivity index (χ3v) is 5.34. The van der Waals surface area contributed by atoms with E-state index in [9.17, 15) is 9.59 Å². The van der Waals surface area contributed by atoms with Gasteiger partial charge in [0.2, 0.25) is 6.79 Å². The molecule has 4 rings (SSSR count). The van der Waals surface area contributed by atoms with Crippen LogP contribution in [0, 0.1) is 6.92 Å². The van der Waals surface area contributed by atoms with Crippen molar-refractivity contribution >= 4 is 29.6 Å². The van der Waals surface area contributed by atoms with E-state index in [1.54, 1.807) is 22.9 Å². The lowest BCUT2D eigenvalue weighted by Crippen LogP contribution is -2.28. The van der Waals surface area contributed by atoms with Crippen LogP contribution in [-0.2, 0) is 27.4 Å². The van der Waals surface area contributed by atoms with Gasteiger partial charge in [0.25, 0.3) is 5.91 Å². The van der Waals surface area contributed by atoms with Crippen molar-refractivity contribution < 1.29 is 23.8 Å². The standard InChI is InChI=1S/C24H22ClN3O5/c1-16-19(24(25)28(27-16)13-17-5-3-2-4-6-17)8-10-23(30)31-14-22(29)26-12-18-7-9-20-21(11-18)33-15-32-20/h2-11H,12-15H2,1H3,(H,26,29). The second-order valence-corrected chi connectivity index (χ2v) is 7.70. The van der Waals surface area contributed by atoms with Crippen molar-refractivity contribution in [3.05, 3.63) is 82.1 Å². The van der Waals surface area contributed by atoms with Gasteiger partial charge in [-0.2, -0.15) is 5.10 Å². The van der Waals surface area contributed by atoms with Crippen molar-refractivity contribution in [3.63, 3.8) is 0 Å². The molecule has 0 radical (unpaired) electrons. The minimum atomic E-state index is -0.653. The Hall–Kier alpha value is -3.78. The molecule has 0 saturated heterocycles. The van der Waals surface area contributed by atoms with Crippen molar-refractivity contribution in [2.45, 2.75) is 20.0 Å². The fraction of sp³-hybridized carbons (Fsp3) is 0.208. The number of halogens is 1. The first kappa shape index (κ1) is 22.4. The summed E-state index contributed by atoms with van der Waals surface area (Å²) in [5.41, 5.74) is 3.21. The van der Waals surface area contributed by atoms with Crippen LogP contribution in [-0.4, -0.2) is 35.1 Å². The molecule has 1 aliphatic heterocycles. The summed E-state index contributed by atoms with van der Waals surface area (Å²) in [5, 5.41) is 7.54. The Morgan fingerprint density at radius 2 is 1.94 bits per heavy atom. The molecule has 3 aromatic rings. The van der Waals surface area contributed by atoms with E-state index < -0.39 is 18.5 Å². The summed E-state index contributed by atoms with van der Waals surface area (Å²) in [6.07, 6.45) is 2.77. The zero-order chi connectivity index (χ0) is 23.2. The minimum Gasteiger partial charge on any atom is -0.454 e. The molecule has 0 bridgehead atoms. The Labute approximate surface area is 195 Å². The van der Waals surface area contributed by atoms with E-state index in [-0.39, 0.29) is 13.3 Å². The fourth-order valence-corrected chi connectivity index (χ4v) is 3.55. The summed E-state index contributed by atoms with van der Waals surface area (Å²) < 4.78 is 17.2. The van der Waals surface area contributed by atoms with Crippen LogP contribution < -0.4 is 14.8 Å². The average molecular weight is 468 g/mol. The molecule has 1 amide bonds. The van der Waals surface area contributed by atoms with Crippen molar-refractivity contribution in [1.82, 2.24) is 15.1 Å². The van der Waals surface area contributed by atoms with E-state index >= 15 is 0 Å². The number of rotatable bonds is 8. The van der Waals surface area contributed by atoms with Gasteiger partial charge in [0.05, 0.1) is 12.2 Å². The Balaban J connectivity index is 1.26. The van der Waals surface area contributed by atoms with Gasteiger partial charge in [-0.15, -0.1) is 0 Å². The molecule has 0 unspecified atom stereocenters. The zero-order valence-corrected chi connectivity index (χ0v) is 18.7. The van der Waals surface area contributed by atoms with E-state index in [1.165, 1.54) is 6.08 Å². The highest BCUT2D eigenvalue weighted by molar-refractivity contribution is 6.31. The lowest BCUT2D eigenvalue weighted by Gasteiger charge is -2.06. The van der Waals surface area contributed by atoms with Gasteiger partial charge in [-0.05, 0) is 36.3 Å². The lowest BCUT2D eigenvalue weighted by molar-refractivity contribution is -0.143. The van der Waals surface area contributed by atoms with E-state index in [0.29, 0.717) is 34.5 Å². The third-order valence-electron chi connectivity index (χ3n) is 4.94. The molecule has 0 aliphatic carbocycles. The average Bonchev–Trinajstić information content (AvgIpc) is 3.39. The van der Waals surface area contributed by atoms with Crippen LogP contribution in [0.5, 0.6) is 11.5 Å². The number of aryl methyl sites for hydroxylation is 1. The monoisotopic (exact) mass is 467 g/mol. The van der Waals surface area contributed by atoms with E-state index in [0.717, 1.165) is 11.1 Å². The molecule has 0 saturated carbocycles. The van der Waals surface area contributed by atoms with E-state index in [2.05, 4.69) is 10.4 Å². The van der Waals surface area contributed by atoms with Crippen LogP contribution in [0.3, 0.4) is 0 Å². The van der Waals surface area contributed by atoms with Gasteiger partial charge in [0.1, 0.15) is 5.15 Å². The first-order chi connectivity index (χ1) is 16.0. The summed E-state index contributed by atoms with van der Waals surface area (Å²) in [5.74, 6) is 0.241. The van der Waals surface area contributed by atoms with Gasteiger partial charge in [0, 0.05) is 18.2 Å². The fourth-order valence-electron chi connectivity index (χ4n) is 3.26. The first-order valence-corrected chi connectivity index (χ1v) is 10.6. The zero-order valence-electron chi connectivity index (χ0n) is 17.9. The highest BCUT2D eigenvalue weighted by Crippen LogP contribution is 2.32. The smallest absolute Gasteiger partial charge is 0.331 e. The molecule has 0 spiro atoms. The Bertz CT molecular complexity index is 1190. The molecule has 0 fully saturated rings. The maximum absolute atomic E-state index is 12.1. The molecule has 170 valence electrons. The molecule has 8 nitrogen and oxygen atoms in total. The van der Waals surface area contributed by atoms with Gasteiger partial charge in [-0.3, -0.25) is 4.79 Å². The highest BCUT2D eigenvalue weighted by atomic mass is 35.5. The maximum atomic E-state index is 12.1. The van der Waals surface area contributed by atoms with Crippen LogP contribution in [0.4, 0.5) is 0 Å². The second-order valence-electron chi connectivity index (χ2n) is 7.34. The number of amides is 1. The van der Waals surface area contributed by atoms with Crippen LogP contribution in [0.2, 0.25) is 5.15 Å². The molecule has 1 N–H and O–H groups in total. The number of carbonyl (C=O) groups excluding carboxylic acids is 2. The molecule has 1 aliphatic rings. The second kappa shape index (κ2) is 10.2. The van der Waals surface area contributed by atoms with Gasteiger partial charge in [0.15, 0.2) is 18.1 Å². The van der Waals surface area contributed by atoms with Crippen LogP contribution in [0.1, 0.15) is 22.4 Å². The van der Waals surface area contributed by atoms with Gasteiger partial charge >= 0.3 is 5.97 Å². The molecule has 2 heterocycles. The normalized spacial score (nSPS) is 12.2. The number of esters is 1. The summed E-state index contributed by atoms with van der Waals surface area (Å²) >= 11 is 6.44. The van der Waals surface area contributed by atoms with Crippen LogP contribution in [0.15, 0.2) is 54.6 Å². The number of aromatic nitrogens is 2. The lowest BCUT2D eigenvalue weighted by atomic mass is 10.2. The summed E-state index contributed by atoms with van der Waals surface area (Å²) in [6.45, 7) is 2.39. The van der Waals surface area contributed by atoms with Gasteiger partial charge < -0.3 is 19.5 Å². The van der Waals surface area contributed by atoms with Gasteiger partial charge in [-0.1, -0.05) is 48.0 Å². The van der Waals surface area contributed by atoms with Crippen molar-refractivity contribution in [3.8, 4) is 11.5 Å². The number of benzene rings is 2. The largest absolute Gasteiger partial charge is 0.454 e. The molecule has 0 atom stereocenters. The van der Waals surface area contributed by atoms with Crippen LogP contribution in [0.25, 0.3) is 6.08 Å². The summed E-state index contributed by atoms with van der Waals surface area (Å²) in [4.78, 5) is 24.1. The first-order valence-electron chi connectivity index (χ1n) is 10.3. The number of ether oxygens (including phenoxy) is 3. The number of fused-ring (bicyclic) bond motifs is 1. The molecular weight excluding hydrogens is 446 g/mol. The molecular formula is C24H22ClN3O5. The molecule has 1 aromatic heterocycles. The maximum Gasteiger partial charge on any atom is 0.331 e. The Kier molecular flexibility index (Phi) is 6.95. The van der Waals surface area contributed by atoms with E-state index in [4.69, 9.17) is 25.8 Å². The molecule has 2 aromatic carbocycles. The molecule has 9 heteroatoms. The number of carbonyl (C=O) groups is 2. The SMILES string of the molecule is Cc1nn(Cc2ccccc2)c(Cl)c1C=CC(=O)OCC(=O)NCc1ccc2c(c1)OCO2. The van der Waals surface area contributed by atoms with Crippen molar-refractivity contribution in [2.75, 3.05) is 13.4 Å². The number of nitrogens with one attached hydrogen (secondary N) is 1. The topological polar surface area (TPSA) is 91.7 Å². The highest BCUT2D eigenvalue weighted by Gasteiger charge is 2.14. The van der Waals surface area contributed by atoms with Crippen molar-refractivity contribution in [1.29, 1.82) is 0 Å². The summed E-state index contributed by atoms with van der Waals surface area (Å²) in [7, 11) is 0. The van der Waals surface area contributed by atoms with Gasteiger partial charge in [-0.25, -0.2) is 9.48 Å². The number of hydrogen-bond acceptors (Lipinski definition) is 6. The Morgan fingerprint density at radius 3 is 2.76 bits per heavy atom. The third kappa shape index (κ3) is 5.72. The van der Waals surface area contributed by atoms with Crippen molar-refractivity contribution in [2.24, 2.45) is 0 Å². The van der Waals surface area contributed by atoms with Crippen LogP contribution >= 0.6 is 11.6 Å².